The summed E-state index contributed by atoms with van der Waals surface area (Å²) in [6, 6.07) is 4.42. The quantitative estimate of drug-likeness (QED) is 0.799. The molecule has 3 unspecified atom stereocenters. The molecule has 3 aliphatic rings. The zero-order valence-corrected chi connectivity index (χ0v) is 11.3. The lowest BCUT2D eigenvalue weighted by Crippen LogP contribution is -2.57. The fraction of sp³-hybridized carbons (Fsp3) is 0.929. The van der Waals surface area contributed by atoms with Crippen LogP contribution < -0.4 is 5.32 Å². The number of nitrogens with one attached hydrogen (secondary N) is 1. The van der Waals surface area contributed by atoms with Crippen molar-refractivity contribution in [2.45, 2.75) is 56.8 Å². The van der Waals surface area contributed by atoms with E-state index in [1.54, 1.807) is 0 Å². The third kappa shape index (κ3) is 2.69. The van der Waals surface area contributed by atoms with Gasteiger partial charge in [0, 0.05) is 37.8 Å². The molecule has 18 heavy (non-hydrogen) atoms. The molecule has 1 N–H and O–H groups in total. The van der Waals surface area contributed by atoms with E-state index in [1.165, 1.54) is 38.8 Å². The highest BCUT2D eigenvalue weighted by Gasteiger charge is 2.35. The van der Waals surface area contributed by atoms with Gasteiger partial charge in [-0.05, 0) is 39.2 Å². The summed E-state index contributed by atoms with van der Waals surface area (Å²) >= 11 is 0. The lowest BCUT2D eigenvalue weighted by atomic mass is 10.1. The Kier molecular flexibility index (Phi) is 3.56. The van der Waals surface area contributed by atoms with Gasteiger partial charge in [0.15, 0.2) is 0 Å². The maximum absolute atomic E-state index is 9.26. The molecule has 0 amide bonds. The molecule has 1 aliphatic carbocycles. The molecule has 0 radical (unpaired) electrons. The van der Waals surface area contributed by atoms with Crippen LogP contribution in [0.25, 0.3) is 0 Å². The third-order valence-electron chi connectivity index (χ3n) is 4.65. The van der Waals surface area contributed by atoms with Gasteiger partial charge in [-0.1, -0.05) is 0 Å². The Morgan fingerprint density at radius 1 is 1.33 bits per heavy atom. The van der Waals surface area contributed by atoms with Gasteiger partial charge in [0.1, 0.15) is 6.04 Å². The molecule has 1 saturated carbocycles. The number of piperazine rings is 1. The van der Waals surface area contributed by atoms with Crippen molar-refractivity contribution in [2.75, 3.05) is 26.2 Å². The summed E-state index contributed by atoms with van der Waals surface area (Å²) in [7, 11) is 0. The Morgan fingerprint density at radius 3 is 2.89 bits per heavy atom. The summed E-state index contributed by atoms with van der Waals surface area (Å²) in [4.78, 5) is 5.16. The molecular formula is C14H24N4. The first-order chi connectivity index (χ1) is 8.76. The third-order valence-corrected chi connectivity index (χ3v) is 4.65. The minimum Gasteiger partial charge on any atom is -0.298 e. The normalized spacial score (nSPS) is 35.1. The van der Waals surface area contributed by atoms with E-state index in [1.807, 2.05) is 0 Å². The van der Waals surface area contributed by atoms with Gasteiger partial charge in [0.2, 0.25) is 0 Å². The van der Waals surface area contributed by atoms with E-state index in [0.717, 1.165) is 19.1 Å². The summed E-state index contributed by atoms with van der Waals surface area (Å²) in [6.07, 6.45) is 5.21. The number of rotatable bonds is 4. The molecule has 4 nitrogen and oxygen atoms in total. The average molecular weight is 248 g/mol. The molecule has 3 atom stereocenters. The minimum atomic E-state index is 0.0212. The van der Waals surface area contributed by atoms with E-state index in [4.69, 9.17) is 0 Å². The second-order valence-electron chi connectivity index (χ2n) is 6.22. The molecule has 3 rings (SSSR count). The molecule has 4 heteroatoms. The highest BCUT2D eigenvalue weighted by Crippen LogP contribution is 2.25. The van der Waals surface area contributed by atoms with Gasteiger partial charge >= 0.3 is 0 Å². The summed E-state index contributed by atoms with van der Waals surface area (Å²) in [5.74, 6) is 0. The maximum Gasteiger partial charge on any atom is 0.108 e. The van der Waals surface area contributed by atoms with Gasteiger partial charge in [-0.2, -0.15) is 5.26 Å². The van der Waals surface area contributed by atoms with Crippen LogP contribution in [0.1, 0.15) is 32.6 Å². The van der Waals surface area contributed by atoms with Gasteiger partial charge < -0.3 is 0 Å². The molecular weight excluding hydrogens is 224 g/mol. The van der Waals surface area contributed by atoms with Crippen LogP contribution in [0.4, 0.5) is 0 Å². The molecule has 0 aromatic carbocycles. The van der Waals surface area contributed by atoms with Crippen LogP contribution in [0.5, 0.6) is 0 Å². The molecule has 100 valence electrons. The van der Waals surface area contributed by atoms with Crippen molar-refractivity contribution in [2.24, 2.45) is 0 Å². The molecule has 0 bridgehead atoms. The van der Waals surface area contributed by atoms with Crippen molar-refractivity contribution in [1.82, 2.24) is 15.1 Å². The van der Waals surface area contributed by atoms with E-state index in [9.17, 15) is 5.26 Å². The predicted molar refractivity (Wildman–Crippen MR) is 71.2 cm³/mol. The first kappa shape index (κ1) is 12.4. The van der Waals surface area contributed by atoms with E-state index in [0.29, 0.717) is 12.1 Å². The summed E-state index contributed by atoms with van der Waals surface area (Å²) < 4.78 is 0. The standard InChI is InChI=1S/C14H24N4/c1-11-8-17-6-2-3-14(17)10-18(11)9-13(7-15)16-12-4-5-12/h11-14,16H,2-6,8-10H2,1H3. The van der Waals surface area contributed by atoms with Crippen LogP contribution in [-0.2, 0) is 0 Å². The zero-order chi connectivity index (χ0) is 12.5. The van der Waals surface area contributed by atoms with Crippen molar-refractivity contribution >= 4 is 0 Å². The fourth-order valence-corrected chi connectivity index (χ4v) is 3.40. The summed E-state index contributed by atoms with van der Waals surface area (Å²) in [6.45, 7) is 6.83. The zero-order valence-electron chi connectivity index (χ0n) is 11.3. The highest BCUT2D eigenvalue weighted by molar-refractivity contribution is 5.00. The molecule has 0 aromatic heterocycles. The Balaban J connectivity index is 1.55. The Morgan fingerprint density at radius 2 is 2.17 bits per heavy atom. The summed E-state index contributed by atoms with van der Waals surface area (Å²) in [5.41, 5.74) is 0. The molecule has 3 fully saturated rings. The van der Waals surface area contributed by atoms with E-state index >= 15 is 0 Å². The topological polar surface area (TPSA) is 42.3 Å². The smallest absolute Gasteiger partial charge is 0.108 e. The molecule has 2 heterocycles. The van der Waals surface area contributed by atoms with Crippen LogP contribution in [0.3, 0.4) is 0 Å². The average Bonchev–Trinajstić information content (AvgIpc) is 3.06. The number of fused-ring (bicyclic) bond motifs is 1. The lowest BCUT2D eigenvalue weighted by molar-refractivity contribution is 0.0562. The van der Waals surface area contributed by atoms with Crippen molar-refractivity contribution in [1.29, 1.82) is 5.26 Å². The van der Waals surface area contributed by atoms with Gasteiger partial charge in [-0.15, -0.1) is 0 Å². The Bertz CT molecular complexity index is 333. The maximum atomic E-state index is 9.26. The molecule has 2 saturated heterocycles. The van der Waals surface area contributed by atoms with Crippen LogP contribution in [0.15, 0.2) is 0 Å². The van der Waals surface area contributed by atoms with E-state index in [2.05, 4.69) is 28.1 Å². The summed E-state index contributed by atoms with van der Waals surface area (Å²) in [5, 5.41) is 12.7. The molecule has 0 spiro atoms. The number of nitrogens with zero attached hydrogens (tertiary/aromatic N) is 3. The van der Waals surface area contributed by atoms with Gasteiger partial charge in [-0.3, -0.25) is 15.1 Å². The van der Waals surface area contributed by atoms with Crippen LogP contribution in [0, 0.1) is 11.3 Å². The molecule has 2 aliphatic heterocycles. The largest absolute Gasteiger partial charge is 0.298 e. The van der Waals surface area contributed by atoms with Gasteiger partial charge in [0.25, 0.3) is 0 Å². The van der Waals surface area contributed by atoms with Gasteiger partial charge in [-0.25, -0.2) is 0 Å². The number of nitriles is 1. The van der Waals surface area contributed by atoms with Gasteiger partial charge in [0.05, 0.1) is 6.07 Å². The van der Waals surface area contributed by atoms with Crippen molar-refractivity contribution < 1.29 is 0 Å². The Labute approximate surface area is 110 Å². The molecule has 0 aromatic rings. The van der Waals surface area contributed by atoms with E-state index < -0.39 is 0 Å². The highest BCUT2D eigenvalue weighted by atomic mass is 15.3. The number of hydrogen-bond acceptors (Lipinski definition) is 4. The van der Waals surface area contributed by atoms with Crippen molar-refractivity contribution in [3.8, 4) is 6.07 Å². The predicted octanol–water partition coefficient (Wildman–Crippen LogP) is 0.799. The van der Waals surface area contributed by atoms with E-state index in [-0.39, 0.29) is 6.04 Å². The Hall–Kier alpha value is -0.630. The lowest BCUT2D eigenvalue weighted by Gasteiger charge is -2.43. The van der Waals surface area contributed by atoms with Crippen LogP contribution >= 0.6 is 0 Å². The second-order valence-corrected chi connectivity index (χ2v) is 6.22. The van der Waals surface area contributed by atoms with Crippen molar-refractivity contribution in [3.63, 3.8) is 0 Å². The van der Waals surface area contributed by atoms with Crippen molar-refractivity contribution in [3.05, 3.63) is 0 Å². The monoisotopic (exact) mass is 248 g/mol. The second kappa shape index (κ2) is 5.16. The van der Waals surface area contributed by atoms with Crippen LogP contribution in [0.2, 0.25) is 0 Å². The van der Waals surface area contributed by atoms with Crippen LogP contribution in [-0.4, -0.2) is 60.1 Å². The SMILES string of the molecule is CC1CN2CCCC2CN1CC(C#N)NC1CC1. The minimum absolute atomic E-state index is 0.0212. The first-order valence-corrected chi connectivity index (χ1v) is 7.40. The fourth-order valence-electron chi connectivity index (χ4n) is 3.40. The number of hydrogen-bond donors (Lipinski definition) is 1. The first-order valence-electron chi connectivity index (χ1n) is 7.40.